The molecule has 5 aliphatic carbocycles. The van der Waals surface area contributed by atoms with Gasteiger partial charge in [-0.1, -0.05) is 60.1 Å². The van der Waals surface area contributed by atoms with E-state index in [0.717, 1.165) is 51.4 Å². The minimum atomic E-state index is -1.74. The molecule has 63 heavy (non-hydrogen) atoms. The van der Waals surface area contributed by atoms with Gasteiger partial charge >= 0.3 is 5.97 Å². The van der Waals surface area contributed by atoms with Crippen LogP contribution >= 0.6 is 0 Å². The zero-order valence-electron chi connectivity index (χ0n) is 38.3. The van der Waals surface area contributed by atoms with Crippen LogP contribution in [0.4, 0.5) is 0 Å². The minimum absolute atomic E-state index is 0.0309. The molecule has 0 aromatic rings. The van der Waals surface area contributed by atoms with Gasteiger partial charge in [0.15, 0.2) is 18.9 Å². The summed E-state index contributed by atoms with van der Waals surface area (Å²) < 4.78 is 36.2. The molecule has 9 N–H and O–H groups in total. The van der Waals surface area contributed by atoms with Crippen LogP contribution in [0, 0.1) is 50.2 Å². The largest absolute Gasteiger partial charge is 0.481 e. The van der Waals surface area contributed by atoms with Crippen LogP contribution in [0.2, 0.25) is 0 Å². The first-order chi connectivity index (χ1) is 29.4. The Balaban J connectivity index is 1.01. The zero-order valence-corrected chi connectivity index (χ0v) is 38.3. The predicted octanol–water partition coefficient (Wildman–Crippen LogP) is 2.37. The number of ether oxygens (including phenoxy) is 6. The number of aliphatic carboxylic acids is 1. The maximum absolute atomic E-state index is 13.1. The van der Waals surface area contributed by atoms with E-state index >= 15 is 0 Å². The standard InChI is InChI=1S/C47H76O16/c1-22-30(50)33(53)37(63-38-34(54)31(51)25(49)21-58-38)40(59-22)62-36-32(52)26(20-48)60-39(35(36)55)61-29-12-13-44(6)27(43(29,4)5)11-14-46(8)28(44)10-9-23-24-19-42(2,3)15-17-47(24,41(56)57)18-16-45(23,46)7/h9,22,24-40,48-55H,10-21H2,1-8H3,(H,56,57). The van der Waals surface area contributed by atoms with Crippen molar-refractivity contribution in [3.05, 3.63) is 11.6 Å². The zero-order chi connectivity index (χ0) is 46.0. The molecule has 8 rings (SSSR count). The lowest BCUT2D eigenvalue weighted by atomic mass is 9.33. The predicted molar refractivity (Wildman–Crippen MR) is 223 cm³/mol. The van der Waals surface area contributed by atoms with Crippen molar-refractivity contribution >= 4 is 5.97 Å². The smallest absolute Gasteiger partial charge is 0.310 e. The summed E-state index contributed by atoms with van der Waals surface area (Å²) >= 11 is 0. The molecule has 3 aliphatic heterocycles. The first-order valence-electron chi connectivity index (χ1n) is 23.6. The Labute approximate surface area is 371 Å². The van der Waals surface area contributed by atoms with Gasteiger partial charge in [0.05, 0.1) is 30.8 Å². The monoisotopic (exact) mass is 897 g/mol. The van der Waals surface area contributed by atoms with Crippen molar-refractivity contribution in [3.8, 4) is 0 Å². The Kier molecular flexibility index (Phi) is 12.8. The van der Waals surface area contributed by atoms with Crippen molar-refractivity contribution < 1.29 is 79.2 Å². The second kappa shape index (κ2) is 16.7. The van der Waals surface area contributed by atoms with E-state index in [4.69, 9.17) is 28.4 Å². The topological polar surface area (TPSA) is 255 Å². The number of aliphatic hydroxyl groups is 8. The highest BCUT2D eigenvalue weighted by Crippen LogP contribution is 2.76. The molecule has 22 atom stereocenters. The normalized spacial score (nSPS) is 54.1. The van der Waals surface area contributed by atoms with Crippen LogP contribution in [0.1, 0.15) is 120 Å². The molecule has 0 bridgehead atoms. The lowest BCUT2D eigenvalue weighted by molar-refractivity contribution is -0.385. The molecule has 16 heteroatoms. The molecule has 4 saturated carbocycles. The third-order valence-corrected chi connectivity index (χ3v) is 18.9. The number of carbonyl (C=O) groups is 1. The third-order valence-electron chi connectivity index (χ3n) is 18.9. The number of hydrogen-bond acceptors (Lipinski definition) is 15. The van der Waals surface area contributed by atoms with Gasteiger partial charge in [-0.2, -0.15) is 0 Å². The van der Waals surface area contributed by atoms with Crippen LogP contribution in [0.15, 0.2) is 11.6 Å². The maximum Gasteiger partial charge on any atom is 0.310 e. The Morgan fingerprint density at radius 3 is 2.08 bits per heavy atom. The summed E-state index contributed by atoms with van der Waals surface area (Å²) in [6.45, 7) is 16.8. The van der Waals surface area contributed by atoms with E-state index in [1.54, 1.807) is 0 Å². The fourth-order valence-electron chi connectivity index (χ4n) is 14.8. The molecule has 22 unspecified atom stereocenters. The number of hydrogen-bond donors (Lipinski definition) is 9. The van der Waals surface area contributed by atoms with Crippen molar-refractivity contribution in [2.45, 2.75) is 212 Å². The number of aliphatic hydroxyl groups excluding tert-OH is 8. The average Bonchev–Trinajstić information content (AvgIpc) is 3.21. The maximum atomic E-state index is 13.1. The fraction of sp³-hybridized carbons (Fsp3) is 0.936. The summed E-state index contributed by atoms with van der Waals surface area (Å²) in [4.78, 5) is 13.1. The first kappa shape index (κ1) is 48.1. The van der Waals surface area contributed by atoms with Crippen LogP contribution in [-0.2, 0) is 33.2 Å². The molecule has 3 heterocycles. The third kappa shape index (κ3) is 7.51. The van der Waals surface area contributed by atoms with Crippen LogP contribution in [-0.4, -0.2) is 157 Å². The highest BCUT2D eigenvalue weighted by atomic mass is 16.8. The molecule has 0 radical (unpaired) electrons. The second-order valence-electron chi connectivity index (χ2n) is 23.0. The molecular weight excluding hydrogens is 821 g/mol. The van der Waals surface area contributed by atoms with Crippen molar-refractivity contribution in [3.63, 3.8) is 0 Å². The van der Waals surface area contributed by atoms with Gasteiger partial charge < -0.3 is 74.4 Å². The molecule has 7 fully saturated rings. The molecule has 3 saturated heterocycles. The Bertz CT molecular complexity index is 1720. The Morgan fingerprint density at radius 1 is 0.714 bits per heavy atom. The number of carboxylic acids is 1. The van der Waals surface area contributed by atoms with E-state index < -0.39 is 122 Å². The SMILES string of the molecule is CC1OC(OC2C(O)C(CO)OC(OC3CCC4(C)C(CCC5(C)C4CC=C4C6CC(C)(C)CCC6(C(=O)O)CCC45C)C3(C)C)C2O)C(OC2OCC(O)C(O)C2O)C(O)C1O. The van der Waals surface area contributed by atoms with Gasteiger partial charge in [0.2, 0.25) is 0 Å². The molecule has 0 spiro atoms. The van der Waals surface area contributed by atoms with Gasteiger partial charge in [0.25, 0.3) is 0 Å². The van der Waals surface area contributed by atoms with Gasteiger partial charge in [-0.15, -0.1) is 0 Å². The summed E-state index contributed by atoms with van der Waals surface area (Å²) in [5, 5.41) is 97.1. The molecule has 8 aliphatic rings. The van der Waals surface area contributed by atoms with E-state index in [0.29, 0.717) is 18.8 Å². The summed E-state index contributed by atoms with van der Waals surface area (Å²) in [7, 11) is 0. The summed E-state index contributed by atoms with van der Waals surface area (Å²) in [6.07, 6.45) is -10.5. The number of carboxylic acid groups (broad SMARTS) is 1. The van der Waals surface area contributed by atoms with E-state index in [1.807, 2.05) is 0 Å². The molecule has 0 amide bonds. The minimum Gasteiger partial charge on any atom is -0.481 e. The molecule has 0 aromatic carbocycles. The number of rotatable bonds is 8. The average molecular weight is 897 g/mol. The van der Waals surface area contributed by atoms with Crippen molar-refractivity contribution in [2.24, 2.45) is 50.2 Å². The highest BCUT2D eigenvalue weighted by molar-refractivity contribution is 5.76. The second-order valence-corrected chi connectivity index (χ2v) is 23.0. The quantitative estimate of drug-likeness (QED) is 0.125. The van der Waals surface area contributed by atoms with E-state index in [-0.39, 0.29) is 33.5 Å². The van der Waals surface area contributed by atoms with Gasteiger partial charge in [-0.05, 0) is 116 Å². The van der Waals surface area contributed by atoms with Crippen LogP contribution in [0.3, 0.4) is 0 Å². The van der Waals surface area contributed by atoms with E-state index in [1.165, 1.54) is 12.5 Å². The van der Waals surface area contributed by atoms with Gasteiger partial charge in [-0.3, -0.25) is 4.79 Å². The summed E-state index contributed by atoms with van der Waals surface area (Å²) in [6, 6.07) is 0. The van der Waals surface area contributed by atoms with E-state index in [2.05, 4.69) is 54.5 Å². The van der Waals surface area contributed by atoms with Crippen LogP contribution < -0.4 is 0 Å². The van der Waals surface area contributed by atoms with Gasteiger partial charge in [0, 0.05) is 0 Å². The number of allylic oxidation sites excluding steroid dienone is 2. The fourth-order valence-corrected chi connectivity index (χ4v) is 14.8. The molecule has 360 valence electrons. The molecule has 0 aromatic heterocycles. The number of fused-ring (bicyclic) bond motifs is 7. The lowest BCUT2D eigenvalue weighted by Gasteiger charge is -2.71. The highest BCUT2D eigenvalue weighted by Gasteiger charge is 2.70. The van der Waals surface area contributed by atoms with Gasteiger partial charge in [-0.25, -0.2) is 0 Å². The van der Waals surface area contributed by atoms with Crippen molar-refractivity contribution in [1.82, 2.24) is 0 Å². The molecule has 16 nitrogen and oxygen atoms in total. The van der Waals surface area contributed by atoms with E-state index in [9.17, 15) is 50.8 Å². The van der Waals surface area contributed by atoms with Gasteiger partial charge in [0.1, 0.15) is 61.0 Å². The van der Waals surface area contributed by atoms with Crippen LogP contribution in [0.25, 0.3) is 0 Å². The van der Waals surface area contributed by atoms with Crippen LogP contribution in [0.5, 0.6) is 0 Å². The first-order valence-corrected chi connectivity index (χ1v) is 23.6. The Morgan fingerprint density at radius 2 is 1.40 bits per heavy atom. The van der Waals surface area contributed by atoms with Crippen molar-refractivity contribution in [1.29, 1.82) is 0 Å². The Hall–Kier alpha value is -1.35. The summed E-state index contributed by atoms with van der Waals surface area (Å²) in [5.74, 6) is -0.0297. The molecular formula is C47H76O16. The van der Waals surface area contributed by atoms with Crippen molar-refractivity contribution in [2.75, 3.05) is 13.2 Å². The lowest BCUT2D eigenvalue weighted by Crippen LogP contribution is -2.67. The summed E-state index contributed by atoms with van der Waals surface area (Å²) in [5.41, 5.74) is 0.115.